The standard InChI is InChI=1S/C4H4O4/c5-3-1-7-4(6)2-8-3/h1-2H2/p+1. The minimum atomic E-state index is -0.442. The Bertz CT molecular complexity index is 100. The van der Waals surface area contributed by atoms with E-state index in [2.05, 4.69) is 9.47 Å². The molecular weight excluding hydrogens is 112 g/mol. The van der Waals surface area contributed by atoms with E-state index in [1.54, 1.807) is 0 Å². The second-order valence-corrected chi connectivity index (χ2v) is 1.34. The Morgan fingerprint density at radius 2 is 2.12 bits per heavy atom. The summed E-state index contributed by atoms with van der Waals surface area (Å²) in [5.74, 6) is -0.674. The number of carbonyl (C=O) groups excluding carboxylic acids is 2. The zero-order chi connectivity index (χ0) is 5.98. The molecule has 0 spiro atoms. The van der Waals surface area contributed by atoms with E-state index >= 15 is 0 Å². The van der Waals surface area contributed by atoms with Gasteiger partial charge in [-0.25, -0.2) is 4.79 Å². The maximum atomic E-state index is 10.1. The minimum absolute atomic E-state index is 0.126. The van der Waals surface area contributed by atoms with Gasteiger partial charge in [-0.05, 0) is 0 Å². The number of hydrogen-bond acceptors (Lipinski definition) is 3. The first-order chi connectivity index (χ1) is 3.79. The van der Waals surface area contributed by atoms with Gasteiger partial charge in [-0.1, -0.05) is 0 Å². The average Bonchev–Trinajstić information content (AvgIpc) is 1.77. The zero-order valence-electron chi connectivity index (χ0n) is 4.09. The van der Waals surface area contributed by atoms with Crippen LogP contribution in [-0.4, -0.2) is 29.9 Å². The normalized spacial score (nSPS) is 19.5. The van der Waals surface area contributed by atoms with Crippen LogP contribution < -0.4 is 0 Å². The number of rotatable bonds is 0. The zero-order valence-corrected chi connectivity index (χ0v) is 4.09. The molecule has 0 unspecified atom stereocenters. The third-order valence-electron chi connectivity index (χ3n) is 0.713. The fraction of sp³-hybridized carbons (Fsp3) is 0.500. The molecule has 0 radical (unpaired) electrons. The Labute approximate surface area is 45.4 Å². The molecule has 44 valence electrons. The van der Waals surface area contributed by atoms with Crippen LogP contribution in [0.2, 0.25) is 0 Å². The van der Waals surface area contributed by atoms with Crippen molar-refractivity contribution in [2.45, 2.75) is 0 Å². The van der Waals surface area contributed by atoms with Gasteiger partial charge in [0.15, 0.2) is 0 Å². The molecule has 1 aliphatic heterocycles. The molecule has 1 saturated heterocycles. The van der Waals surface area contributed by atoms with Crippen molar-refractivity contribution < 1.29 is 19.1 Å². The SMILES string of the molecule is O=C1COC(=[OH+])CO1. The predicted octanol–water partition coefficient (Wildman–Crippen LogP) is -0.938. The van der Waals surface area contributed by atoms with Crippen LogP contribution in [0.4, 0.5) is 0 Å². The molecule has 1 aliphatic rings. The highest BCUT2D eigenvalue weighted by molar-refractivity contribution is 5.83. The third-order valence-corrected chi connectivity index (χ3v) is 0.713. The van der Waals surface area contributed by atoms with Crippen molar-refractivity contribution in [3.05, 3.63) is 0 Å². The minimum Gasteiger partial charge on any atom is -0.443 e. The molecule has 0 aliphatic carbocycles. The van der Waals surface area contributed by atoms with Crippen molar-refractivity contribution in [2.24, 2.45) is 0 Å². The molecule has 8 heavy (non-hydrogen) atoms. The van der Waals surface area contributed by atoms with Crippen molar-refractivity contribution in [1.29, 1.82) is 0 Å². The lowest BCUT2D eigenvalue weighted by Gasteiger charge is -2.02. The summed E-state index contributed by atoms with van der Waals surface area (Å²) >= 11 is 0. The molecule has 0 saturated carbocycles. The summed E-state index contributed by atoms with van der Waals surface area (Å²) in [4.78, 5) is 18.6. The van der Waals surface area contributed by atoms with Gasteiger partial charge in [0.25, 0.3) is 6.61 Å². The van der Waals surface area contributed by atoms with E-state index in [0.29, 0.717) is 0 Å². The van der Waals surface area contributed by atoms with Gasteiger partial charge in [0, 0.05) is 0 Å². The van der Waals surface area contributed by atoms with Crippen LogP contribution in [0, 0.1) is 0 Å². The molecular formula is C4H5O4+. The van der Waals surface area contributed by atoms with E-state index in [9.17, 15) is 4.79 Å². The third kappa shape index (κ3) is 0.959. The van der Waals surface area contributed by atoms with E-state index in [0.717, 1.165) is 0 Å². The maximum Gasteiger partial charge on any atom is 0.522 e. The smallest absolute Gasteiger partial charge is 0.443 e. The molecule has 0 atom stereocenters. The first-order valence-corrected chi connectivity index (χ1v) is 2.12. The quantitative estimate of drug-likeness (QED) is 0.304. The Kier molecular flexibility index (Phi) is 1.15. The Morgan fingerprint density at radius 3 is 2.50 bits per heavy atom. The van der Waals surface area contributed by atoms with E-state index in [1.165, 1.54) is 0 Å². The number of carbonyl (C=O) groups is 1. The van der Waals surface area contributed by atoms with Crippen LogP contribution in [0.3, 0.4) is 0 Å². The molecule has 0 bridgehead atoms. The van der Waals surface area contributed by atoms with Crippen molar-refractivity contribution in [1.82, 2.24) is 0 Å². The molecule has 4 nitrogen and oxygen atoms in total. The van der Waals surface area contributed by atoms with Gasteiger partial charge in [-0.2, -0.15) is 0 Å². The van der Waals surface area contributed by atoms with Crippen molar-refractivity contribution in [2.75, 3.05) is 13.2 Å². The highest BCUT2D eigenvalue weighted by Crippen LogP contribution is 1.90. The van der Waals surface area contributed by atoms with Crippen molar-refractivity contribution >= 4 is 11.9 Å². The van der Waals surface area contributed by atoms with Gasteiger partial charge in [0.05, 0.1) is 0 Å². The molecule has 1 fully saturated rings. The van der Waals surface area contributed by atoms with Crippen molar-refractivity contribution in [3.63, 3.8) is 0 Å². The second kappa shape index (κ2) is 1.81. The Hall–Kier alpha value is -1.06. The first-order valence-electron chi connectivity index (χ1n) is 2.12. The summed E-state index contributed by atoms with van der Waals surface area (Å²) in [6.45, 7) is -0.301. The fourth-order valence-electron chi connectivity index (χ4n) is 0.368. The highest BCUT2D eigenvalue weighted by Gasteiger charge is 2.24. The Morgan fingerprint density at radius 1 is 1.38 bits per heavy atom. The molecule has 0 aromatic rings. The van der Waals surface area contributed by atoms with E-state index in [1.807, 2.05) is 0 Å². The van der Waals surface area contributed by atoms with Gasteiger partial charge in [0.2, 0.25) is 6.61 Å². The van der Waals surface area contributed by atoms with Crippen LogP contribution in [0.1, 0.15) is 0 Å². The summed E-state index contributed by atoms with van der Waals surface area (Å²) in [7, 11) is 0. The van der Waals surface area contributed by atoms with Gasteiger partial charge in [0.1, 0.15) is 0 Å². The maximum absolute atomic E-state index is 10.1. The topological polar surface area (TPSA) is 56.9 Å². The van der Waals surface area contributed by atoms with Crippen LogP contribution in [0.5, 0.6) is 0 Å². The van der Waals surface area contributed by atoms with Gasteiger partial charge >= 0.3 is 11.9 Å². The van der Waals surface area contributed by atoms with Crippen LogP contribution >= 0.6 is 0 Å². The Balaban J connectivity index is 2.40. The van der Waals surface area contributed by atoms with Crippen LogP contribution in [-0.2, 0) is 14.3 Å². The molecule has 0 aromatic heterocycles. The summed E-state index contributed by atoms with van der Waals surface area (Å²) < 4.78 is 8.73. The first kappa shape index (κ1) is 5.08. The summed E-state index contributed by atoms with van der Waals surface area (Å²) in [5.41, 5.74) is 0. The number of esters is 2. The molecule has 4 heteroatoms. The summed E-state index contributed by atoms with van der Waals surface area (Å²) in [6, 6.07) is 0. The van der Waals surface area contributed by atoms with Gasteiger partial charge in [-0.15, -0.1) is 0 Å². The molecule has 0 aromatic carbocycles. The monoisotopic (exact) mass is 117 g/mol. The lowest BCUT2D eigenvalue weighted by molar-refractivity contribution is -0.149. The largest absolute Gasteiger partial charge is 0.522 e. The van der Waals surface area contributed by atoms with E-state index < -0.39 is 5.97 Å². The number of cyclic esters (lactones) is 2. The van der Waals surface area contributed by atoms with E-state index in [-0.39, 0.29) is 19.2 Å². The van der Waals surface area contributed by atoms with Crippen molar-refractivity contribution in [3.8, 4) is 0 Å². The summed E-state index contributed by atoms with van der Waals surface area (Å²) in [5, 5.41) is 0. The predicted molar refractivity (Wildman–Crippen MR) is 23.9 cm³/mol. The lowest BCUT2D eigenvalue weighted by atomic mass is 10.6. The van der Waals surface area contributed by atoms with Crippen LogP contribution in [0.15, 0.2) is 0 Å². The molecule has 1 N–H and O–H groups in total. The van der Waals surface area contributed by atoms with Gasteiger partial charge in [-0.3, -0.25) is 0 Å². The van der Waals surface area contributed by atoms with E-state index in [4.69, 9.17) is 4.79 Å². The number of hydrogen-bond donors (Lipinski definition) is 0. The molecule has 0 amide bonds. The van der Waals surface area contributed by atoms with Crippen LogP contribution in [0.25, 0.3) is 0 Å². The fourth-order valence-corrected chi connectivity index (χ4v) is 0.368. The second-order valence-electron chi connectivity index (χ2n) is 1.34. The summed E-state index contributed by atoms with van der Waals surface area (Å²) in [6.07, 6.45) is 0. The molecule has 1 rings (SSSR count). The number of ether oxygens (including phenoxy) is 2. The molecule has 1 heterocycles. The highest BCUT2D eigenvalue weighted by atomic mass is 16.6. The average molecular weight is 117 g/mol. The lowest BCUT2D eigenvalue weighted by Crippen LogP contribution is -2.28. The van der Waals surface area contributed by atoms with Gasteiger partial charge < -0.3 is 14.3 Å².